The molecule has 5 nitrogen and oxygen atoms in total. The van der Waals surface area contributed by atoms with Crippen LogP contribution in [0, 0.1) is 10.1 Å². The summed E-state index contributed by atoms with van der Waals surface area (Å²) in [6, 6.07) is 19.1. The van der Waals surface area contributed by atoms with Crippen molar-refractivity contribution >= 4 is 32.4 Å². The molecule has 126 valence electrons. The van der Waals surface area contributed by atoms with Gasteiger partial charge in [0.25, 0.3) is 5.69 Å². The number of nitro groups is 1. The van der Waals surface area contributed by atoms with Crippen molar-refractivity contribution in [2.75, 3.05) is 0 Å². The molecule has 25 heavy (non-hydrogen) atoms. The Balaban J connectivity index is 1.91. The van der Waals surface area contributed by atoms with E-state index in [0.717, 1.165) is 16.2 Å². The molecule has 0 atom stereocenters. The predicted molar refractivity (Wildman–Crippen MR) is 98.7 cm³/mol. The summed E-state index contributed by atoms with van der Waals surface area (Å²) in [6.45, 7) is 0. The van der Waals surface area contributed by atoms with Gasteiger partial charge in [-0.25, -0.2) is 8.42 Å². The Morgan fingerprint density at radius 2 is 1.60 bits per heavy atom. The van der Waals surface area contributed by atoms with Crippen molar-refractivity contribution in [2.24, 2.45) is 0 Å². The third-order valence-corrected chi connectivity index (χ3v) is 5.09. The van der Waals surface area contributed by atoms with Crippen molar-refractivity contribution in [3.8, 4) is 0 Å². The lowest BCUT2D eigenvalue weighted by Crippen LogP contribution is -2.01. The van der Waals surface area contributed by atoms with Crippen LogP contribution in [-0.2, 0) is 15.6 Å². The average molecular weight is 353 g/mol. The van der Waals surface area contributed by atoms with Crippen molar-refractivity contribution in [1.82, 2.24) is 0 Å². The molecule has 0 aromatic heterocycles. The van der Waals surface area contributed by atoms with Crippen LogP contribution in [0.4, 0.5) is 5.69 Å². The van der Waals surface area contributed by atoms with E-state index in [1.807, 2.05) is 36.4 Å². The molecule has 0 aliphatic carbocycles. The van der Waals surface area contributed by atoms with Crippen molar-refractivity contribution < 1.29 is 13.3 Å². The van der Waals surface area contributed by atoms with E-state index in [0.29, 0.717) is 5.56 Å². The van der Waals surface area contributed by atoms with Crippen molar-refractivity contribution in [1.29, 1.82) is 0 Å². The molecule has 3 aromatic rings. The molecule has 0 radical (unpaired) electrons. The van der Waals surface area contributed by atoms with E-state index >= 15 is 0 Å². The Kier molecular flexibility index (Phi) is 4.63. The van der Waals surface area contributed by atoms with E-state index in [1.165, 1.54) is 18.2 Å². The van der Waals surface area contributed by atoms with Gasteiger partial charge in [0.05, 0.1) is 16.2 Å². The van der Waals surface area contributed by atoms with Gasteiger partial charge in [0.2, 0.25) is 0 Å². The third-order valence-electron chi connectivity index (χ3n) is 3.83. The zero-order valence-electron chi connectivity index (χ0n) is 13.2. The number of nitro benzene ring substituents is 1. The second-order valence-corrected chi connectivity index (χ2v) is 7.45. The molecular weight excluding hydrogens is 338 g/mol. The quantitative estimate of drug-likeness (QED) is 0.505. The first-order valence-corrected chi connectivity index (χ1v) is 9.29. The molecule has 0 fully saturated rings. The van der Waals surface area contributed by atoms with Gasteiger partial charge in [0, 0.05) is 11.5 Å². The van der Waals surface area contributed by atoms with Gasteiger partial charge in [-0.3, -0.25) is 10.1 Å². The largest absolute Gasteiger partial charge is 0.276 e. The summed E-state index contributed by atoms with van der Waals surface area (Å²) in [5, 5.41) is 13.9. The lowest BCUT2D eigenvalue weighted by molar-refractivity contribution is -0.385. The molecule has 3 aromatic carbocycles. The predicted octanol–water partition coefficient (Wildman–Crippen LogP) is 4.33. The van der Waals surface area contributed by atoms with Gasteiger partial charge < -0.3 is 0 Å². The van der Waals surface area contributed by atoms with Crippen LogP contribution in [0.2, 0.25) is 0 Å². The molecular formula is C19H15NO4S. The minimum atomic E-state index is -3.57. The van der Waals surface area contributed by atoms with E-state index in [4.69, 9.17) is 0 Å². The highest BCUT2D eigenvalue weighted by Crippen LogP contribution is 2.23. The van der Waals surface area contributed by atoms with Crippen molar-refractivity contribution in [2.45, 2.75) is 5.75 Å². The molecule has 0 amide bonds. The SMILES string of the molecule is O=[N+]([O-])c1ccccc1/C=C/S(=O)(=O)Cc1cccc2ccccc12. The summed E-state index contributed by atoms with van der Waals surface area (Å²) in [4.78, 5) is 10.5. The summed E-state index contributed by atoms with van der Waals surface area (Å²) < 4.78 is 24.9. The fraction of sp³-hybridized carbons (Fsp3) is 0.0526. The first-order valence-electron chi connectivity index (χ1n) is 7.57. The van der Waals surface area contributed by atoms with E-state index in [9.17, 15) is 18.5 Å². The Hall–Kier alpha value is -2.99. The van der Waals surface area contributed by atoms with Crippen LogP contribution in [0.25, 0.3) is 16.8 Å². The van der Waals surface area contributed by atoms with Crippen molar-refractivity contribution in [3.05, 3.63) is 93.4 Å². The van der Waals surface area contributed by atoms with E-state index in [2.05, 4.69) is 0 Å². The van der Waals surface area contributed by atoms with Crippen LogP contribution >= 0.6 is 0 Å². The molecule has 0 saturated carbocycles. The zero-order valence-corrected chi connectivity index (χ0v) is 14.0. The molecule has 0 spiro atoms. The normalized spacial score (nSPS) is 11.8. The maximum Gasteiger partial charge on any atom is 0.276 e. The van der Waals surface area contributed by atoms with Crippen LogP contribution in [0.1, 0.15) is 11.1 Å². The van der Waals surface area contributed by atoms with Crippen LogP contribution in [0.5, 0.6) is 0 Å². The molecule has 0 unspecified atom stereocenters. The summed E-state index contributed by atoms with van der Waals surface area (Å²) in [6.07, 6.45) is 1.28. The molecule has 6 heteroatoms. The number of hydrogen-bond acceptors (Lipinski definition) is 4. The maximum atomic E-state index is 12.4. The second kappa shape index (κ2) is 6.86. The lowest BCUT2D eigenvalue weighted by Gasteiger charge is -2.05. The highest BCUT2D eigenvalue weighted by Gasteiger charge is 2.13. The van der Waals surface area contributed by atoms with Crippen LogP contribution in [0.15, 0.2) is 72.1 Å². The average Bonchev–Trinajstić information content (AvgIpc) is 2.60. The monoisotopic (exact) mass is 353 g/mol. The number of hydrogen-bond donors (Lipinski definition) is 0. The number of benzene rings is 3. The topological polar surface area (TPSA) is 77.3 Å². The van der Waals surface area contributed by atoms with Gasteiger partial charge in [0.1, 0.15) is 0 Å². The standard InChI is InChI=1S/C19H15NO4S/c21-20(22)19-11-4-2-7-16(19)12-13-25(23,24)14-17-9-5-8-15-6-1-3-10-18(15)17/h1-13H,14H2/b13-12+. The lowest BCUT2D eigenvalue weighted by atomic mass is 10.1. The van der Waals surface area contributed by atoms with E-state index in [-0.39, 0.29) is 17.0 Å². The number of rotatable bonds is 5. The summed E-state index contributed by atoms with van der Waals surface area (Å²) >= 11 is 0. The van der Waals surface area contributed by atoms with Crippen LogP contribution in [0.3, 0.4) is 0 Å². The maximum absolute atomic E-state index is 12.4. The number of nitrogens with zero attached hydrogens (tertiary/aromatic N) is 1. The Labute approximate surface area is 145 Å². The Morgan fingerprint density at radius 1 is 0.920 bits per heavy atom. The van der Waals surface area contributed by atoms with Crippen LogP contribution in [-0.4, -0.2) is 13.3 Å². The number of fused-ring (bicyclic) bond motifs is 1. The van der Waals surface area contributed by atoms with Gasteiger partial charge in [-0.1, -0.05) is 54.6 Å². The zero-order chi connectivity index (χ0) is 17.9. The Morgan fingerprint density at radius 3 is 2.40 bits per heavy atom. The third kappa shape index (κ3) is 3.92. The molecule has 0 aliphatic heterocycles. The first-order chi connectivity index (χ1) is 12.0. The van der Waals surface area contributed by atoms with Gasteiger partial charge >= 0.3 is 0 Å². The fourth-order valence-corrected chi connectivity index (χ4v) is 3.79. The molecule has 0 bridgehead atoms. The highest BCUT2D eigenvalue weighted by molar-refractivity contribution is 7.93. The summed E-state index contributed by atoms with van der Waals surface area (Å²) in [7, 11) is -3.57. The summed E-state index contributed by atoms with van der Waals surface area (Å²) in [5.74, 6) is -0.161. The fourth-order valence-electron chi connectivity index (χ4n) is 2.65. The van der Waals surface area contributed by atoms with Gasteiger partial charge in [0.15, 0.2) is 9.84 Å². The minimum Gasteiger partial charge on any atom is -0.258 e. The number of sulfone groups is 1. The highest BCUT2D eigenvalue weighted by atomic mass is 32.2. The number of para-hydroxylation sites is 1. The van der Waals surface area contributed by atoms with Crippen LogP contribution < -0.4 is 0 Å². The molecule has 0 saturated heterocycles. The smallest absolute Gasteiger partial charge is 0.258 e. The van der Waals surface area contributed by atoms with Gasteiger partial charge in [-0.05, 0) is 28.5 Å². The van der Waals surface area contributed by atoms with E-state index in [1.54, 1.807) is 18.2 Å². The first kappa shape index (κ1) is 16.9. The summed E-state index contributed by atoms with van der Waals surface area (Å²) in [5.41, 5.74) is 0.832. The second-order valence-electron chi connectivity index (χ2n) is 5.56. The van der Waals surface area contributed by atoms with E-state index < -0.39 is 14.8 Å². The minimum absolute atomic E-state index is 0.126. The van der Waals surface area contributed by atoms with Crippen molar-refractivity contribution in [3.63, 3.8) is 0 Å². The molecule has 0 aliphatic rings. The molecule has 0 heterocycles. The molecule has 3 rings (SSSR count). The molecule has 0 N–H and O–H groups in total. The Bertz CT molecular complexity index is 1070. The van der Waals surface area contributed by atoms with Gasteiger partial charge in [-0.15, -0.1) is 0 Å². The van der Waals surface area contributed by atoms with Gasteiger partial charge in [-0.2, -0.15) is 0 Å².